The number of benzene rings is 2. The lowest BCUT2D eigenvalue weighted by atomic mass is 10.0. The molecule has 4 aromatic rings. The van der Waals surface area contributed by atoms with Gasteiger partial charge in [-0.3, -0.25) is 18.7 Å². The van der Waals surface area contributed by atoms with Crippen molar-refractivity contribution in [3.05, 3.63) is 85.6 Å². The summed E-state index contributed by atoms with van der Waals surface area (Å²) in [5.41, 5.74) is 3.13. The number of rotatable bonds is 3. The van der Waals surface area contributed by atoms with Crippen LogP contribution in [0.2, 0.25) is 5.02 Å². The lowest BCUT2D eigenvalue weighted by Gasteiger charge is -2.13. The van der Waals surface area contributed by atoms with Gasteiger partial charge in [0, 0.05) is 37.4 Å². The van der Waals surface area contributed by atoms with Gasteiger partial charge in [-0.25, -0.2) is 4.79 Å². The van der Waals surface area contributed by atoms with Crippen LogP contribution in [-0.4, -0.2) is 19.6 Å². The lowest BCUT2D eigenvalue weighted by molar-refractivity contribution is 0.101. The Hall–Kier alpha value is -3.58. The molecule has 0 aliphatic rings. The summed E-state index contributed by atoms with van der Waals surface area (Å²) in [5, 5.41) is 3.78. The minimum absolute atomic E-state index is 0.262. The van der Waals surface area contributed by atoms with Gasteiger partial charge >= 0.3 is 5.69 Å². The van der Waals surface area contributed by atoms with Gasteiger partial charge in [0.05, 0.1) is 5.39 Å². The average molecular weight is 437 g/mol. The van der Waals surface area contributed by atoms with Gasteiger partial charge in [-0.1, -0.05) is 41.4 Å². The second-order valence-corrected chi connectivity index (χ2v) is 7.98. The van der Waals surface area contributed by atoms with Crippen LogP contribution in [0.15, 0.2) is 58.1 Å². The SMILES string of the molecule is Cc1cccc(-c2cc(Cl)ccc2NC(=O)c2cc3c(=O)n(C)c(=O)n(C)c3n2C)c1. The Morgan fingerprint density at radius 3 is 2.39 bits per heavy atom. The van der Waals surface area contributed by atoms with Crippen LogP contribution >= 0.6 is 11.6 Å². The molecule has 31 heavy (non-hydrogen) atoms. The van der Waals surface area contributed by atoms with Crippen molar-refractivity contribution in [2.45, 2.75) is 6.92 Å². The fourth-order valence-electron chi connectivity index (χ4n) is 3.82. The van der Waals surface area contributed by atoms with Crippen molar-refractivity contribution in [2.24, 2.45) is 21.1 Å². The summed E-state index contributed by atoms with van der Waals surface area (Å²) >= 11 is 6.22. The summed E-state index contributed by atoms with van der Waals surface area (Å²) in [6, 6.07) is 14.7. The molecule has 0 unspecified atom stereocenters. The molecule has 0 aliphatic heterocycles. The summed E-state index contributed by atoms with van der Waals surface area (Å²) in [5.74, 6) is -0.399. The smallest absolute Gasteiger partial charge is 0.325 e. The highest BCUT2D eigenvalue weighted by molar-refractivity contribution is 6.31. The maximum absolute atomic E-state index is 13.2. The van der Waals surface area contributed by atoms with E-state index < -0.39 is 17.2 Å². The normalized spacial score (nSPS) is 11.1. The van der Waals surface area contributed by atoms with Crippen molar-refractivity contribution < 1.29 is 4.79 Å². The zero-order valence-corrected chi connectivity index (χ0v) is 18.3. The second-order valence-electron chi connectivity index (χ2n) is 7.55. The number of hydrogen-bond donors (Lipinski definition) is 1. The zero-order chi connectivity index (χ0) is 22.4. The second kappa shape index (κ2) is 7.59. The standard InChI is InChI=1S/C23H21ClN4O3/c1-13-6-5-7-14(10-13)16-11-15(24)8-9-18(16)25-20(29)19-12-17-21(26(19)2)27(3)23(31)28(4)22(17)30/h5-12H,1-4H3,(H,25,29). The number of nitrogens with zero attached hydrogens (tertiary/aromatic N) is 3. The van der Waals surface area contributed by atoms with Crippen LogP contribution in [0.3, 0.4) is 0 Å². The van der Waals surface area contributed by atoms with E-state index in [1.54, 1.807) is 36.9 Å². The molecule has 0 saturated heterocycles. The summed E-state index contributed by atoms with van der Waals surface area (Å²) in [6.45, 7) is 1.99. The Morgan fingerprint density at radius 1 is 0.935 bits per heavy atom. The molecule has 2 aromatic carbocycles. The number of fused-ring (bicyclic) bond motifs is 1. The highest BCUT2D eigenvalue weighted by Gasteiger charge is 2.20. The molecule has 0 radical (unpaired) electrons. The predicted octanol–water partition coefficient (Wildman–Crippen LogP) is 3.46. The molecule has 2 aromatic heterocycles. The molecule has 2 heterocycles. The van der Waals surface area contributed by atoms with Crippen molar-refractivity contribution in [1.29, 1.82) is 0 Å². The minimum atomic E-state index is -0.454. The molecule has 1 amide bonds. The summed E-state index contributed by atoms with van der Waals surface area (Å²) in [6.07, 6.45) is 0. The Labute approximate surface area is 183 Å². The Balaban J connectivity index is 1.82. The molecule has 0 spiro atoms. The quantitative estimate of drug-likeness (QED) is 0.534. The van der Waals surface area contributed by atoms with E-state index in [1.165, 1.54) is 17.7 Å². The van der Waals surface area contributed by atoms with Crippen LogP contribution in [-0.2, 0) is 21.1 Å². The fourth-order valence-corrected chi connectivity index (χ4v) is 3.99. The number of halogens is 1. The largest absolute Gasteiger partial charge is 0.332 e. The maximum atomic E-state index is 13.2. The van der Waals surface area contributed by atoms with Gasteiger partial charge in [-0.2, -0.15) is 0 Å². The number of aromatic nitrogens is 3. The number of anilines is 1. The highest BCUT2D eigenvalue weighted by atomic mass is 35.5. The van der Waals surface area contributed by atoms with Crippen LogP contribution in [0.4, 0.5) is 5.69 Å². The van der Waals surface area contributed by atoms with Crippen LogP contribution in [0.1, 0.15) is 16.1 Å². The monoisotopic (exact) mass is 436 g/mol. The molecule has 158 valence electrons. The van der Waals surface area contributed by atoms with E-state index in [-0.39, 0.29) is 5.69 Å². The minimum Gasteiger partial charge on any atom is -0.325 e. The molecule has 0 fully saturated rings. The summed E-state index contributed by atoms with van der Waals surface area (Å²) in [4.78, 5) is 38.0. The third-order valence-electron chi connectivity index (χ3n) is 5.42. The first-order valence-corrected chi connectivity index (χ1v) is 10.00. The summed E-state index contributed by atoms with van der Waals surface area (Å²) in [7, 11) is 4.64. The van der Waals surface area contributed by atoms with E-state index >= 15 is 0 Å². The Morgan fingerprint density at radius 2 is 1.68 bits per heavy atom. The van der Waals surface area contributed by atoms with Crippen molar-refractivity contribution in [1.82, 2.24) is 13.7 Å². The number of amides is 1. The number of aryl methyl sites for hydroxylation is 3. The molecule has 0 atom stereocenters. The molecule has 4 rings (SSSR count). The number of carbonyl (C=O) groups is 1. The number of nitrogens with one attached hydrogen (secondary N) is 1. The number of hydrogen-bond acceptors (Lipinski definition) is 3. The first-order chi connectivity index (χ1) is 14.7. The van der Waals surface area contributed by atoms with Gasteiger partial charge in [-0.15, -0.1) is 0 Å². The van der Waals surface area contributed by atoms with Crippen molar-refractivity contribution in [2.75, 3.05) is 5.32 Å². The average Bonchev–Trinajstić information content (AvgIpc) is 3.09. The van der Waals surface area contributed by atoms with E-state index in [0.717, 1.165) is 21.3 Å². The third kappa shape index (κ3) is 3.47. The van der Waals surface area contributed by atoms with Gasteiger partial charge in [0.15, 0.2) is 0 Å². The van der Waals surface area contributed by atoms with Crippen LogP contribution < -0.4 is 16.6 Å². The molecular weight excluding hydrogens is 416 g/mol. The van der Waals surface area contributed by atoms with Crippen LogP contribution in [0.25, 0.3) is 22.2 Å². The molecule has 0 saturated carbocycles. The first kappa shape index (κ1) is 20.7. The van der Waals surface area contributed by atoms with Gasteiger partial charge in [0.1, 0.15) is 11.3 Å². The van der Waals surface area contributed by atoms with Crippen LogP contribution in [0.5, 0.6) is 0 Å². The summed E-state index contributed by atoms with van der Waals surface area (Å²) < 4.78 is 3.93. The molecule has 8 heteroatoms. The molecule has 1 N–H and O–H groups in total. The fraction of sp³-hybridized carbons (Fsp3) is 0.174. The third-order valence-corrected chi connectivity index (χ3v) is 5.65. The number of carbonyl (C=O) groups excluding carboxylic acids is 1. The van der Waals surface area contributed by atoms with E-state index in [9.17, 15) is 14.4 Å². The lowest BCUT2D eigenvalue weighted by Crippen LogP contribution is -2.37. The van der Waals surface area contributed by atoms with E-state index in [1.807, 2.05) is 31.2 Å². The van der Waals surface area contributed by atoms with Gasteiger partial charge in [-0.05, 0) is 36.8 Å². The molecule has 0 aliphatic carbocycles. The van der Waals surface area contributed by atoms with Crippen molar-refractivity contribution in [3.8, 4) is 11.1 Å². The van der Waals surface area contributed by atoms with E-state index in [0.29, 0.717) is 21.7 Å². The molecule has 0 bridgehead atoms. The molecular formula is C23H21ClN4O3. The van der Waals surface area contributed by atoms with E-state index in [2.05, 4.69) is 5.32 Å². The topological polar surface area (TPSA) is 78.0 Å². The van der Waals surface area contributed by atoms with E-state index in [4.69, 9.17) is 11.6 Å². The maximum Gasteiger partial charge on any atom is 0.332 e. The zero-order valence-electron chi connectivity index (χ0n) is 17.6. The Bertz CT molecular complexity index is 1480. The van der Waals surface area contributed by atoms with Crippen molar-refractivity contribution in [3.63, 3.8) is 0 Å². The van der Waals surface area contributed by atoms with Gasteiger partial charge < -0.3 is 9.88 Å². The molecule has 7 nitrogen and oxygen atoms in total. The highest BCUT2D eigenvalue weighted by Crippen LogP contribution is 2.32. The Kier molecular flexibility index (Phi) is 5.07. The van der Waals surface area contributed by atoms with Gasteiger partial charge in [0.25, 0.3) is 11.5 Å². The predicted molar refractivity (Wildman–Crippen MR) is 123 cm³/mol. The van der Waals surface area contributed by atoms with Crippen molar-refractivity contribution >= 4 is 34.2 Å². The van der Waals surface area contributed by atoms with Crippen LogP contribution in [0, 0.1) is 6.92 Å². The van der Waals surface area contributed by atoms with Gasteiger partial charge in [0.2, 0.25) is 0 Å². The first-order valence-electron chi connectivity index (χ1n) is 9.62.